The summed E-state index contributed by atoms with van der Waals surface area (Å²) in [5.41, 5.74) is 0.697. The highest BCUT2D eigenvalue weighted by atomic mass is 15.2. The van der Waals surface area contributed by atoms with Gasteiger partial charge in [-0.1, -0.05) is 0 Å². The van der Waals surface area contributed by atoms with Crippen molar-refractivity contribution < 1.29 is 0 Å². The topological polar surface area (TPSA) is 52.0 Å². The zero-order chi connectivity index (χ0) is 13.1. The highest BCUT2D eigenvalue weighted by Gasteiger charge is 2.30. The van der Waals surface area contributed by atoms with Gasteiger partial charge in [0.1, 0.15) is 11.9 Å². The largest absolute Gasteiger partial charge is 0.355 e. The SMILES string of the molecule is N#Cc1cccnc1N1CCCC(C2CCCN2)C1. The Morgan fingerprint density at radius 3 is 3.11 bits per heavy atom. The van der Waals surface area contributed by atoms with E-state index in [0.717, 1.165) is 25.5 Å². The first kappa shape index (κ1) is 12.4. The predicted molar refractivity (Wildman–Crippen MR) is 74.9 cm³/mol. The number of pyridine rings is 1. The molecule has 2 fully saturated rings. The van der Waals surface area contributed by atoms with E-state index >= 15 is 0 Å². The first-order valence-corrected chi connectivity index (χ1v) is 7.22. The molecule has 0 spiro atoms. The molecule has 2 saturated heterocycles. The van der Waals surface area contributed by atoms with E-state index in [0.29, 0.717) is 17.5 Å². The maximum absolute atomic E-state index is 9.20. The third-order valence-corrected chi connectivity index (χ3v) is 4.33. The molecule has 0 radical (unpaired) electrons. The Labute approximate surface area is 114 Å². The van der Waals surface area contributed by atoms with Crippen LogP contribution in [0.1, 0.15) is 31.2 Å². The number of hydrogen-bond acceptors (Lipinski definition) is 4. The summed E-state index contributed by atoms with van der Waals surface area (Å²) in [5.74, 6) is 1.57. The summed E-state index contributed by atoms with van der Waals surface area (Å²) in [6.07, 6.45) is 6.88. The summed E-state index contributed by atoms with van der Waals surface area (Å²) in [5, 5.41) is 12.8. The second-order valence-electron chi connectivity index (χ2n) is 5.54. The first-order chi connectivity index (χ1) is 9.38. The maximum atomic E-state index is 9.20. The number of hydrogen-bond donors (Lipinski definition) is 1. The van der Waals surface area contributed by atoms with Gasteiger partial charge in [-0.3, -0.25) is 0 Å². The predicted octanol–water partition coefficient (Wildman–Crippen LogP) is 1.92. The van der Waals surface area contributed by atoms with Gasteiger partial charge in [0.25, 0.3) is 0 Å². The minimum Gasteiger partial charge on any atom is -0.355 e. The highest BCUT2D eigenvalue weighted by Crippen LogP contribution is 2.28. The van der Waals surface area contributed by atoms with Crippen molar-refractivity contribution in [3.63, 3.8) is 0 Å². The summed E-state index contributed by atoms with van der Waals surface area (Å²) in [6, 6.07) is 6.62. The van der Waals surface area contributed by atoms with Gasteiger partial charge in [-0.05, 0) is 50.3 Å². The van der Waals surface area contributed by atoms with Crippen LogP contribution >= 0.6 is 0 Å². The first-order valence-electron chi connectivity index (χ1n) is 7.22. The number of rotatable bonds is 2. The third-order valence-electron chi connectivity index (χ3n) is 4.33. The molecule has 2 unspecified atom stereocenters. The maximum Gasteiger partial charge on any atom is 0.146 e. The fraction of sp³-hybridized carbons (Fsp3) is 0.600. The third kappa shape index (κ3) is 2.57. The fourth-order valence-electron chi connectivity index (χ4n) is 3.38. The van der Waals surface area contributed by atoms with Crippen molar-refractivity contribution in [1.29, 1.82) is 5.26 Å². The number of aromatic nitrogens is 1. The van der Waals surface area contributed by atoms with Gasteiger partial charge in [-0.25, -0.2) is 4.98 Å². The lowest BCUT2D eigenvalue weighted by Crippen LogP contribution is -2.44. The van der Waals surface area contributed by atoms with Gasteiger partial charge in [0.15, 0.2) is 0 Å². The van der Waals surface area contributed by atoms with E-state index in [-0.39, 0.29) is 0 Å². The molecule has 1 aromatic rings. The Morgan fingerprint density at radius 2 is 2.32 bits per heavy atom. The Bertz CT molecular complexity index is 473. The van der Waals surface area contributed by atoms with Crippen LogP contribution in [0, 0.1) is 17.2 Å². The molecule has 0 amide bonds. The Balaban J connectivity index is 1.76. The number of piperidine rings is 1. The minimum absolute atomic E-state index is 0.664. The van der Waals surface area contributed by atoms with Crippen molar-refractivity contribution in [2.45, 2.75) is 31.7 Å². The van der Waals surface area contributed by atoms with E-state index < -0.39 is 0 Å². The number of nitrogens with one attached hydrogen (secondary N) is 1. The molecule has 2 aliphatic rings. The van der Waals surface area contributed by atoms with Crippen LogP contribution in [0.25, 0.3) is 0 Å². The summed E-state index contributed by atoms with van der Waals surface area (Å²) in [6.45, 7) is 3.21. The molecule has 100 valence electrons. The van der Waals surface area contributed by atoms with Gasteiger partial charge in [0.2, 0.25) is 0 Å². The molecule has 0 bridgehead atoms. The van der Waals surface area contributed by atoms with Gasteiger partial charge < -0.3 is 10.2 Å². The molecule has 2 aliphatic heterocycles. The van der Waals surface area contributed by atoms with E-state index in [2.05, 4.69) is 21.3 Å². The number of nitrogens with zero attached hydrogens (tertiary/aromatic N) is 3. The quantitative estimate of drug-likeness (QED) is 0.878. The normalized spacial score (nSPS) is 27.2. The zero-order valence-corrected chi connectivity index (χ0v) is 11.2. The van der Waals surface area contributed by atoms with Crippen LogP contribution in [0.15, 0.2) is 18.3 Å². The smallest absolute Gasteiger partial charge is 0.146 e. The molecule has 1 N–H and O–H groups in total. The van der Waals surface area contributed by atoms with E-state index in [1.807, 2.05) is 12.1 Å². The van der Waals surface area contributed by atoms with Crippen LogP contribution in [-0.2, 0) is 0 Å². The molecule has 3 heterocycles. The molecule has 0 aliphatic carbocycles. The molecular formula is C15H20N4. The number of nitriles is 1. The molecule has 3 rings (SSSR count). The van der Waals surface area contributed by atoms with E-state index in [1.54, 1.807) is 6.20 Å². The van der Waals surface area contributed by atoms with Gasteiger partial charge in [0, 0.05) is 25.3 Å². The lowest BCUT2D eigenvalue weighted by atomic mass is 9.89. The van der Waals surface area contributed by atoms with Crippen molar-refractivity contribution >= 4 is 5.82 Å². The van der Waals surface area contributed by atoms with Gasteiger partial charge in [0.05, 0.1) is 5.56 Å². The Hall–Kier alpha value is -1.60. The standard InChI is InChI=1S/C15H20N4/c16-10-12-4-1-8-18-15(12)19-9-3-5-13(11-19)14-6-2-7-17-14/h1,4,8,13-14,17H,2-3,5-7,9,11H2. The monoisotopic (exact) mass is 256 g/mol. The molecule has 0 saturated carbocycles. The summed E-state index contributed by atoms with van der Waals surface area (Å²) < 4.78 is 0. The van der Waals surface area contributed by atoms with Crippen molar-refractivity contribution in [2.75, 3.05) is 24.5 Å². The van der Waals surface area contributed by atoms with Crippen molar-refractivity contribution in [3.05, 3.63) is 23.9 Å². The van der Waals surface area contributed by atoms with E-state index in [4.69, 9.17) is 0 Å². The Morgan fingerprint density at radius 1 is 1.37 bits per heavy atom. The van der Waals surface area contributed by atoms with E-state index in [9.17, 15) is 5.26 Å². The van der Waals surface area contributed by atoms with E-state index in [1.165, 1.54) is 25.7 Å². The molecular weight excluding hydrogens is 236 g/mol. The summed E-state index contributed by atoms with van der Waals surface area (Å²) >= 11 is 0. The summed E-state index contributed by atoms with van der Waals surface area (Å²) in [4.78, 5) is 6.72. The zero-order valence-electron chi connectivity index (χ0n) is 11.2. The van der Waals surface area contributed by atoms with Crippen molar-refractivity contribution in [2.24, 2.45) is 5.92 Å². The molecule has 19 heavy (non-hydrogen) atoms. The summed E-state index contributed by atoms with van der Waals surface area (Å²) in [7, 11) is 0. The van der Waals surface area contributed by atoms with Crippen molar-refractivity contribution in [3.8, 4) is 6.07 Å². The second kappa shape index (κ2) is 5.58. The molecule has 4 nitrogen and oxygen atoms in total. The van der Waals surface area contributed by atoms with Crippen LogP contribution in [0.3, 0.4) is 0 Å². The number of anilines is 1. The molecule has 2 atom stereocenters. The molecule has 0 aromatic carbocycles. The van der Waals surface area contributed by atoms with Gasteiger partial charge in [-0.15, -0.1) is 0 Å². The van der Waals surface area contributed by atoms with Crippen LogP contribution in [0.2, 0.25) is 0 Å². The average Bonchev–Trinajstić information content (AvgIpc) is 3.01. The lowest BCUT2D eigenvalue weighted by molar-refractivity contribution is 0.328. The van der Waals surface area contributed by atoms with Crippen LogP contribution in [0.5, 0.6) is 0 Å². The van der Waals surface area contributed by atoms with Crippen LogP contribution in [0.4, 0.5) is 5.82 Å². The van der Waals surface area contributed by atoms with Crippen molar-refractivity contribution in [1.82, 2.24) is 10.3 Å². The minimum atomic E-state index is 0.664. The second-order valence-corrected chi connectivity index (χ2v) is 5.54. The van der Waals surface area contributed by atoms with Crippen LogP contribution in [-0.4, -0.2) is 30.7 Å². The fourth-order valence-corrected chi connectivity index (χ4v) is 3.38. The average molecular weight is 256 g/mol. The Kier molecular flexibility index (Phi) is 3.65. The molecule has 1 aromatic heterocycles. The lowest BCUT2D eigenvalue weighted by Gasteiger charge is -2.36. The van der Waals surface area contributed by atoms with Crippen LogP contribution < -0.4 is 10.2 Å². The highest BCUT2D eigenvalue weighted by molar-refractivity contribution is 5.53. The molecule has 4 heteroatoms. The van der Waals surface area contributed by atoms with Gasteiger partial charge in [-0.2, -0.15) is 5.26 Å². The van der Waals surface area contributed by atoms with Gasteiger partial charge >= 0.3 is 0 Å².